The lowest BCUT2D eigenvalue weighted by atomic mass is 9.98. The van der Waals surface area contributed by atoms with E-state index in [1.165, 1.54) is 12.3 Å². The maximum atomic E-state index is 14.2. The highest BCUT2D eigenvalue weighted by molar-refractivity contribution is 6.01. The highest BCUT2D eigenvalue weighted by atomic mass is 19.1. The monoisotopic (exact) mass is 524 g/mol. The highest BCUT2D eigenvalue weighted by Crippen LogP contribution is 2.44. The van der Waals surface area contributed by atoms with E-state index in [4.69, 9.17) is 14.2 Å². The first-order valence-corrected chi connectivity index (χ1v) is 13.8. The molecule has 3 saturated heterocycles. The van der Waals surface area contributed by atoms with Gasteiger partial charge in [-0.15, -0.1) is 0 Å². The van der Waals surface area contributed by atoms with E-state index < -0.39 is 11.9 Å². The van der Waals surface area contributed by atoms with E-state index in [1.54, 1.807) is 12.0 Å². The van der Waals surface area contributed by atoms with Crippen molar-refractivity contribution in [2.45, 2.75) is 95.4 Å². The largest absolute Gasteiger partial charge is 0.381 e. The van der Waals surface area contributed by atoms with Gasteiger partial charge >= 0.3 is 0 Å². The number of carbonyl (C=O) groups excluding carboxylic acids is 1. The zero-order valence-corrected chi connectivity index (χ0v) is 22.4. The Morgan fingerprint density at radius 1 is 1.13 bits per heavy atom. The Morgan fingerprint density at radius 3 is 2.61 bits per heavy atom. The Kier molecular flexibility index (Phi) is 7.01. The van der Waals surface area contributed by atoms with Crippen molar-refractivity contribution in [3.05, 3.63) is 41.8 Å². The average molecular weight is 525 g/mol. The molecule has 2 bridgehead atoms. The summed E-state index contributed by atoms with van der Waals surface area (Å²) < 4.78 is 31.8. The summed E-state index contributed by atoms with van der Waals surface area (Å²) in [5.74, 6) is 0.0165. The summed E-state index contributed by atoms with van der Waals surface area (Å²) in [5, 5.41) is 3.36. The Bertz CT molecular complexity index is 1170. The van der Waals surface area contributed by atoms with Crippen molar-refractivity contribution >= 4 is 28.8 Å². The predicted octanol–water partition coefficient (Wildman–Crippen LogP) is 4.93. The Labute approximate surface area is 223 Å². The van der Waals surface area contributed by atoms with Crippen molar-refractivity contribution in [1.29, 1.82) is 0 Å². The van der Waals surface area contributed by atoms with Crippen molar-refractivity contribution in [2.75, 3.05) is 28.8 Å². The number of nitrogens with zero attached hydrogens (tertiary/aromatic N) is 3. The van der Waals surface area contributed by atoms with Gasteiger partial charge in [0.2, 0.25) is 0 Å². The van der Waals surface area contributed by atoms with Gasteiger partial charge in [-0.3, -0.25) is 4.79 Å². The lowest BCUT2D eigenvalue weighted by Crippen LogP contribution is -2.46. The molecule has 0 aliphatic carbocycles. The number of amides is 1. The molecule has 4 aliphatic rings. The number of piperidine rings is 1. The van der Waals surface area contributed by atoms with E-state index >= 15 is 0 Å². The van der Waals surface area contributed by atoms with Gasteiger partial charge in [0, 0.05) is 30.4 Å². The van der Waals surface area contributed by atoms with Gasteiger partial charge in [0.1, 0.15) is 17.7 Å². The molecule has 0 saturated carbocycles. The molecular formula is C29H37FN4O4. The first-order valence-electron chi connectivity index (χ1n) is 13.8. The standard InChI is InChI=1S/C29H37FN4O4/c1-17(2)38-23-7-9-27(37-16-23)29(35)33-15-18-10-19(30)14-31-28(18)32-25-8-6-22(13-26(25)33)34-20-4-5-21(34)12-24(11-20)36-3/h6,8,10,13-14,17,20-21,23-24,27H,4-5,7,9,11-12,15-16H2,1-3H3,(H,31,32)/t20-,21+,23-,24+,27+/m0/s1. The number of halogens is 1. The van der Waals surface area contributed by atoms with E-state index in [1.807, 2.05) is 19.9 Å². The number of hydrogen-bond donors (Lipinski definition) is 1. The van der Waals surface area contributed by atoms with E-state index in [2.05, 4.69) is 27.3 Å². The Hall–Kier alpha value is -2.75. The third-order valence-electron chi connectivity index (χ3n) is 8.35. The zero-order valence-electron chi connectivity index (χ0n) is 22.4. The van der Waals surface area contributed by atoms with E-state index in [-0.39, 0.29) is 24.7 Å². The second-order valence-electron chi connectivity index (χ2n) is 11.2. The van der Waals surface area contributed by atoms with Crippen molar-refractivity contribution < 1.29 is 23.4 Å². The van der Waals surface area contributed by atoms with Gasteiger partial charge < -0.3 is 29.3 Å². The van der Waals surface area contributed by atoms with Crippen LogP contribution in [0.15, 0.2) is 30.5 Å². The Balaban J connectivity index is 1.32. The summed E-state index contributed by atoms with van der Waals surface area (Å²) in [6.45, 7) is 4.61. The molecule has 1 aromatic carbocycles. The van der Waals surface area contributed by atoms with Crippen LogP contribution in [-0.4, -0.2) is 61.1 Å². The van der Waals surface area contributed by atoms with Gasteiger partial charge in [-0.25, -0.2) is 9.37 Å². The smallest absolute Gasteiger partial charge is 0.256 e. The van der Waals surface area contributed by atoms with Gasteiger partial charge in [-0.1, -0.05) is 0 Å². The van der Waals surface area contributed by atoms with Crippen LogP contribution < -0.4 is 15.1 Å². The van der Waals surface area contributed by atoms with Crippen molar-refractivity contribution in [1.82, 2.24) is 4.98 Å². The normalized spacial score (nSPS) is 28.5. The molecule has 9 heteroatoms. The number of hydrogen-bond acceptors (Lipinski definition) is 7. The summed E-state index contributed by atoms with van der Waals surface area (Å²) in [6, 6.07) is 8.54. The number of nitrogens with one attached hydrogen (secondary N) is 1. The minimum absolute atomic E-state index is 0.00624. The fraction of sp³-hybridized carbons (Fsp3) is 0.586. The minimum Gasteiger partial charge on any atom is -0.381 e. The fourth-order valence-corrected chi connectivity index (χ4v) is 6.63. The number of aromatic nitrogens is 1. The molecule has 3 fully saturated rings. The molecular weight excluding hydrogens is 487 g/mol. The number of fused-ring (bicyclic) bond motifs is 4. The maximum absolute atomic E-state index is 14.2. The van der Waals surface area contributed by atoms with Gasteiger partial charge in [-0.2, -0.15) is 0 Å². The molecule has 6 rings (SSSR count). The maximum Gasteiger partial charge on any atom is 0.256 e. The van der Waals surface area contributed by atoms with Crippen LogP contribution in [0.3, 0.4) is 0 Å². The van der Waals surface area contributed by atoms with Crippen molar-refractivity contribution in [3.8, 4) is 0 Å². The molecule has 8 nitrogen and oxygen atoms in total. The fourth-order valence-electron chi connectivity index (χ4n) is 6.63. The number of carbonyl (C=O) groups is 1. The van der Waals surface area contributed by atoms with Crippen LogP contribution in [0.25, 0.3) is 0 Å². The molecule has 5 heterocycles. The molecule has 0 unspecified atom stereocenters. The van der Waals surface area contributed by atoms with Gasteiger partial charge in [0.25, 0.3) is 5.91 Å². The van der Waals surface area contributed by atoms with E-state index in [0.717, 1.165) is 49.2 Å². The number of benzene rings is 1. The topological polar surface area (TPSA) is 76.2 Å². The summed E-state index contributed by atoms with van der Waals surface area (Å²) in [5.41, 5.74) is 3.28. The molecule has 1 aromatic heterocycles. The Morgan fingerprint density at radius 2 is 1.92 bits per heavy atom. The summed E-state index contributed by atoms with van der Waals surface area (Å²) in [4.78, 5) is 22.5. The molecule has 0 spiro atoms. The van der Waals surface area contributed by atoms with Gasteiger partial charge in [0.15, 0.2) is 0 Å². The average Bonchev–Trinajstić information content (AvgIpc) is 3.07. The molecule has 0 radical (unpaired) electrons. The van der Waals surface area contributed by atoms with Crippen LogP contribution in [0.4, 0.5) is 27.3 Å². The number of ether oxygens (including phenoxy) is 3. The third-order valence-corrected chi connectivity index (χ3v) is 8.35. The van der Waals surface area contributed by atoms with Crippen LogP contribution in [0.2, 0.25) is 0 Å². The van der Waals surface area contributed by atoms with Gasteiger partial charge in [0.05, 0.1) is 49.0 Å². The molecule has 204 valence electrons. The quantitative estimate of drug-likeness (QED) is 0.594. The van der Waals surface area contributed by atoms with Crippen LogP contribution in [0.5, 0.6) is 0 Å². The minimum atomic E-state index is -0.574. The zero-order chi connectivity index (χ0) is 26.4. The van der Waals surface area contributed by atoms with E-state index in [9.17, 15) is 9.18 Å². The van der Waals surface area contributed by atoms with Crippen molar-refractivity contribution in [2.24, 2.45) is 0 Å². The van der Waals surface area contributed by atoms with Crippen LogP contribution >= 0.6 is 0 Å². The first kappa shape index (κ1) is 25.5. The number of anilines is 4. The molecule has 2 aromatic rings. The second kappa shape index (κ2) is 10.4. The number of methoxy groups -OCH3 is 1. The summed E-state index contributed by atoms with van der Waals surface area (Å²) in [6.07, 6.45) is 6.68. The number of pyridine rings is 1. The number of rotatable bonds is 5. The molecule has 1 N–H and O–H groups in total. The lowest BCUT2D eigenvalue weighted by Gasteiger charge is -2.40. The lowest BCUT2D eigenvalue weighted by molar-refractivity contribution is -0.143. The van der Waals surface area contributed by atoms with Crippen LogP contribution in [0, 0.1) is 5.82 Å². The van der Waals surface area contributed by atoms with Crippen LogP contribution in [-0.2, 0) is 25.5 Å². The van der Waals surface area contributed by atoms with Crippen molar-refractivity contribution in [3.63, 3.8) is 0 Å². The molecule has 1 amide bonds. The van der Waals surface area contributed by atoms with E-state index in [0.29, 0.717) is 42.6 Å². The molecule has 4 aliphatic heterocycles. The first-order chi connectivity index (χ1) is 18.4. The van der Waals surface area contributed by atoms with Crippen LogP contribution in [0.1, 0.15) is 57.9 Å². The third kappa shape index (κ3) is 4.87. The second-order valence-corrected chi connectivity index (χ2v) is 11.2. The van der Waals surface area contributed by atoms with Gasteiger partial charge in [-0.05, 0) is 76.6 Å². The highest BCUT2D eigenvalue weighted by Gasteiger charge is 2.42. The molecule has 5 atom stereocenters. The SMILES string of the molecule is CO[C@H]1C[C@H]2CC[C@@H](C1)N2c1ccc2c(c1)N(C(=O)[C@H]1CC[C@H](OC(C)C)CO1)Cc1cc(F)cnc1N2. The summed E-state index contributed by atoms with van der Waals surface area (Å²) >= 11 is 0. The predicted molar refractivity (Wildman–Crippen MR) is 143 cm³/mol. The molecule has 38 heavy (non-hydrogen) atoms. The summed E-state index contributed by atoms with van der Waals surface area (Å²) in [7, 11) is 1.80.